The molecule has 1 aromatic heterocycles. The van der Waals surface area contributed by atoms with Gasteiger partial charge in [0.1, 0.15) is 0 Å². The van der Waals surface area contributed by atoms with Crippen LogP contribution in [0.2, 0.25) is 0 Å². The molecule has 6 nitrogen and oxygen atoms in total. The van der Waals surface area contributed by atoms with Gasteiger partial charge in [-0.25, -0.2) is 10.3 Å². The molecule has 2 aromatic rings. The third kappa shape index (κ3) is 10.7. The average Bonchev–Trinajstić information content (AvgIpc) is 3.37. The number of rotatable bonds is 17. The highest BCUT2D eigenvalue weighted by atomic mass is 32.1. The van der Waals surface area contributed by atoms with E-state index >= 15 is 0 Å². The first kappa shape index (κ1) is 27.6. The van der Waals surface area contributed by atoms with Crippen molar-refractivity contribution in [3.63, 3.8) is 0 Å². The molecule has 0 unspecified atom stereocenters. The van der Waals surface area contributed by atoms with Crippen LogP contribution in [0.3, 0.4) is 0 Å². The van der Waals surface area contributed by atoms with Gasteiger partial charge in [0.15, 0.2) is 5.13 Å². The van der Waals surface area contributed by atoms with E-state index in [-0.39, 0.29) is 5.91 Å². The van der Waals surface area contributed by atoms with Gasteiger partial charge in [-0.05, 0) is 24.1 Å². The number of anilines is 1. The molecule has 1 aliphatic heterocycles. The minimum Gasteiger partial charge on any atom is -0.378 e. The number of thiazole rings is 1. The number of unbranched alkanes of at least 4 members (excludes halogenated alkanes) is 9. The second-order valence-electron chi connectivity index (χ2n) is 9.39. The third-order valence-corrected chi connectivity index (χ3v) is 7.43. The Morgan fingerprint density at radius 1 is 1.03 bits per heavy atom. The molecule has 3 rings (SSSR count). The number of carbonyl (C=O) groups excluding carboxylic acids is 1. The Morgan fingerprint density at radius 3 is 2.49 bits per heavy atom. The first-order valence-corrected chi connectivity index (χ1v) is 14.4. The predicted octanol–water partition coefficient (Wildman–Crippen LogP) is 5.94. The molecule has 1 aromatic carbocycles. The molecule has 2 heterocycles. The Labute approximate surface area is 215 Å². The lowest BCUT2D eigenvalue weighted by Gasteiger charge is -2.25. The van der Waals surface area contributed by atoms with Crippen LogP contribution >= 0.6 is 11.3 Å². The van der Waals surface area contributed by atoms with E-state index in [2.05, 4.69) is 22.1 Å². The number of hydrogen-bond donors (Lipinski definition) is 1. The van der Waals surface area contributed by atoms with E-state index in [1.807, 2.05) is 30.5 Å². The molecule has 1 radical (unpaired) electrons. The Morgan fingerprint density at radius 2 is 1.74 bits per heavy atom. The summed E-state index contributed by atoms with van der Waals surface area (Å²) in [5, 5.41) is 8.83. The summed E-state index contributed by atoms with van der Waals surface area (Å²) in [6.07, 6.45) is 15.0. The molecule has 1 N–H and O–H groups in total. The van der Waals surface area contributed by atoms with E-state index < -0.39 is 0 Å². The molecule has 1 aliphatic rings. The molecular weight excluding hydrogens is 456 g/mol. The van der Waals surface area contributed by atoms with Crippen LogP contribution in [0.4, 0.5) is 5.13 Å². The number of ether oxygens (including phenoxy) is 1. The van der Waals surface area contributed by atoms with Crippen LogP contribution in [-0.2, 0) is 17.8 Å². The Kier molecular flexibility index (Phi) is 13.2. The van der Waals surface area contributed by atoms with Crippen molar-refractivity contribution in [2.45, 2.75) is 84.2 Å². The largest absolute Gasteiger partial charge is 0.378 e. The summed E-state index contributed by atoms with van der Waals surface area (Å²) in [5.74, 6) is 0.0142. The summed E-state index contributed by atoms with van der Waals surface area (Å²) in [4.78, 5) is 20.5. The lowest BCUT2D eigenvalue weighted by molar-refractivity contribution is 0.0952. The number of morpholine rings is 1. The number of benzene rings is 1. The predicted molar refractivity (Wildman–Crippen MR) is 145 cm³/mol. The molecular formula is C28H43N4O2S. The minimum absolute atomic E-state index is 0.0142. The maximum absolute atomic E-state index is 12.5. The highest BCUT2D eigenvalue weighted by Crippen LogP contribution is 2.23. The lowest BCUT2D eigenvalue weighted by Crippen LogP contribution is -2.36. The first-order valence-electron chi connectivity index (χ1n) is 13.5. The Balaban J connectivity index is 1.27. The molecule has 1 amide bonds. The molecule has 0 aliphatic carbocycles. The summed E-state index contributed by atoms with van der Waals surface area (Å²) in [6, 6.07) is 7.83. The summed E-state index contributed by atoms with van der Waals surface area (Å²) in [6.45, 7) is 7.60. The number of hydrogen-bond acceptors (Lipinski definition) is 5. The van der Waals surface area contributed by atoms with E-state index in [9.17, 15) is 4.79 Å². The third-order valence-electron chi connectivity index (χ3n) is 6.39. The molecule has 0 bridgehead atoms. The number of carbonyl (C=O) groups is 1. The first-order chi connectivity index (χ1) is 17.3. The lowest BCUT2D eigenvalue weighted by atomic mass is 10.1. The molecule has 0 atom stereocenters. The zero-order valence-corrected chi connectivity index (χ0v) is 22.3. The van der Waals surface area contributed by atoms with Crippen LogP contribution in [-0.4, -0.2) is 43.7 Å². The van der Waals surface area contributed by atoms with E-state index in [0.717, 1.165) is 60.4 Å². The molecule has 1 saturated heterocycles. The van der Waals surface area contributed by atoms with Crippen molar-refractivity contribution in [3.05, 3.63) is 46.5 Å². The van der Waals surface area contributed by atoms with Gasteiger partial charge in [-0.3, -0.25) is 4.79 Å². The average molecular weight is 500 g/mol. The normalized spacial score (nSPS) is 13.8. The van der Waals surface area contributed by atoms with Gasteiger partial charge in [0.2, 0.25) is 0 Å². The summed E-state index contributed by atoms with van der Waals surface area (Å²) < 4.78 is 5.41. The van der Waals surface area contributed by atoms with Crippen molar-refractivity contribution in [1.29, 1.82) is 0 Å². The van der Waals surface area contributed by atoms with Crippen LogP contribution in [0.1, 0.15) is 91.9 Å². The van der Waals surface area contributed by atoms with Crippen LogP contribution < -0.4 is 15.5 Å². The van der Waals surface area contributed by atoms with E-state index in [1.54, 1.807) is 11.3 Å². The van der Waals surface area contributed by atoms with Gasteiger partial charge in [0.05, 0.1) is 13.2 Å². The topological polar surface area (TPSA) is 68.6 Å². The number of aromatic nitrogens is 1. The van der Waals surface area contributed by atoms with E-state index in [0.29, 0.717) is 13.1 Å². The fourth-order valence-electron chi connectivity index (χ4n) is 4.29. The van der Waals surface area contributed by atoms with Gasteiger partial charge in [-0.2, -0.15) is 0 Å². The standard InChI is InChI=1S/C28H43N4O2S/c1-2-3-4-5-6-7-8-9-10-11-15-30-27(33)25-14-12-13-24(20-25)21-29-22-26-23-31-28(35-26)32-16-18-34-19-17-32/h12-14,20,23H,2-11,15-19,21-22H2,1H3,(H,30,33). The van der Waals surface area contributed by atoms with Crippen molar-refractivity contribution < 1.29 is 9.53 Å². The monoisotopic (exact) mass is 499 g/mol. The highest BCUT2D eigenvalue weighted by molar-refractivity contribution is 7.15. The number of nitrogens with one attached hydrogen (secondary N) is 1. The van der Waals surface area contributed by atoms with Crippen molar-refractivity contribution in [2.24, 2.45) is 0 Å². The van der Waals surface area contributed by atoms with Gasteiger partial charge >= 0.3 is 0 Å². The van der Waals surface area contributed by atoms with Gasteiger partial charge in [-0.1, -0.05) is 76.8 Å². The van der Waals surface area contributed by atoms with E-state index in [4.69, 9.17) is 10.1 Å². The molecule has 1 fully saturated rings. The molecule has 7 heteroatoms. The van der Waals surface area contributed by atoms with Crippen LogP contribution in [0, 0.1) is 0 Å². The van der Waals surface area contributed by atoms with Gasteiger partial charge in [-0.15, -0.1) is 11.3 Å². The van der Waals surface area contributed by atoms with Crippen molar-refractivity contribution in [3.8, 4) is 0 Å². The van der Waals surface area contributed by atoms with Crippen molar-refractivity contribution in [2.75, 3.05) is 37.7 Å². The number of nitrogens with zero attached hydrogens (tertiary/aromatic N) is 3. The second kappa shape index (κ2) is 16.7. The number of amides is 1. The van der Waals surface area contributed by atoms with Gasteiger partial charge in [0.25, 0.3) is 5.91 Å². The van der Waals surface area contributed by atoms with Crippen LogP contribution in [0.15, 0.2) is 30.5 Å². The Hall–Kier alpha value is -1.96. The van der Waals surface area contributed by atoms with Gasteiger partial charge < -0.3 is 15.0 Å². The molecule has 193 valence electrons. The summed E-state index contributed by atoms with van der Waals surface area (Å²) in [7, 11) is 0. The maximum atomic E-state index is 12.5. The van der Waals surface area contributed by atoms with E-state index in [1.165, 1.54) is 57.8 Å². The zero-order chi connectivity index (χ0) is 24.6. The Bertz CT molecular complexity index is 851. The highest BCUT2D eigenvalue weighted by Gasteiger charge is 2.14. The fraction of sp³-hybridized carbons (Fsp3) is 0.643. The van der Waals surface area contributed by atoms with Crippen LogP contribution in [0.5, 0.6) is 0 Å². The zero-order valence-electron chi connectivity index (χ0n) is 21.5. The summed E-state index contributed by atoms with van der Waals surface area (Å²) in [5.41, 5.74) is 1.78. The molecule has 0 saturated carbocycles. The smallest absolute Gasteiger partial charge is 0.251 e. The SMILES string of the molecule is CCCCCCCCCCCCNC(=O)c1cccc(C[N]Cc2cnc(N3CCOCC3)s2)c1. The second-order valence-corrected chi connectivity index (χ2v) is 10.5. The maximum Gasteiger partial charge on any atom is 0.251 e. The van der Waals surface area contributed by atoms with Crippen molar-refractivity contribution in [1.82, 2.24) is 15.6 Å². The summed E-state index contributed by atoms with van der Waals surface area (Å²) >= 11 is 1.70. The van der Waals surface area contributed by atoms with Crippen molar-refractivity contribution >= 4 is 22.4 Å². The molecule has 35 heavy (non-hydrogen) atoms. The molecule has 0 spiro atoms. The van der Waals surface area contributed by atoms with Crippen LogP contribution in [0.25, 0.3) is 0 Å². The van der Waals surface area contributed by atoms with Gasteiger partial charge in [0, 0.05) is 49.4 Å². The fourth-order valence-corrected chi connectivity index (χ4v) is 5.21. The quantitative estimate of drug-likeness (QED) is 0.274. The minimum atomic E-state index is 0.0142.